The molecule has 0 aromatic heterocycles. The van der Waals surface area contributed by atoms with E-state index in [0.717, 1.165) is 6.42 Å². The molecule has 6 heteroatoms. The number of carbonyl (C=O) groups excluding carboxylic acids is 1. The number of urea groups is 1. The first-order chi connectivity index (χ1) is 7.32. The molecule has 0 radical (unpaired) electrons. The first kappa shape index (κ1) is 14.7. The van der Waals surface area contributed by atoms with Crippen LogP contribution in [-0.2, 0) is 4.79 Å². The van der Waals surface area contributed by atoms with Gasteiger partial charge in [-0.05, 0) is 20.3 Å². The molecular formula is C10H20N2O4. The van der Waals surface area contributed by atoms with Gasteiger partial charge in [-0.25, -0.2) is 9.59 Å². The Morgan fingerprint density at radius 2 is 1.94 bits per heavy atom. The van der Waals surface area contributed by atoms with Crippen LogP contribution < -0.4 is 10.6 Å². The molecule has 0 fully saturated rings. The normalized spacial score (nSPS) is 13.0. The summed E-state index contributed by atoms with van der Waals surface area (Å²) in [5.41, 5.74) is -0.383. The zero-order valence-corrected chi connectivity index (χ0v) is 9.91. The number of aliphatic hydroxyl groups is 1. The van der Waals surface area contributed by atoms with Gasteiger partial charge in [0.15, 0.2) is 0 Å². The highest BCUT2D eigenvalue weighted by molar-refractivity contribution is 5.82. The molecule has 0 aliphatic heterocycles. The Morgan fingerprint density at radius 3 is 2.31 bits per heavy atom. The third-order valence-corrected chi connectivity index (χ3v) is 2.36. The zero-order valence-electron chi connectivity index (χ0n) is 9.91. The number of hydrogen-bond acceptors (Lipinski definition) is 3. The number of hydrogen-bond donors (Lipinski definition) is 4. The summed E-state index contributed by atoms with van der Waals surface area (Å²) in [5.74, 6) is -1.15. The summed E-state index contributed by atoms with van der Waals surface area (Å²) in [5, 5.41) is 22.4. The van der Waals surface area contributed by atoms with E-state index in [0.29, 0.717) is 0 Å². The highest BCUT2D eigenvalue weighted by Gasteiger charge is 2.23. The molecule has 94 valence electrons. The highest BCUT2D eigenvalue weighted by atomic mass is 16.4. The number of amides is 2. The third kappa shape index (κ3) is 5.55. The fraction of sp³-hybridized carbons (Fsp3) is 0.800. The lowest BCUT2D eigenvalue weighted by molar-refractivity contribution is -0.139. The van der Waals surface area contributed by atoms with Crippen LogP contribution >= 0.6 is 0 Å². The van der Waals surface area contributed by atoms with Gasteiger partial charge >= 0.3 is 12.0 Å². The largest absolute Gasteiger partial charge is 0.480 e. The molecule has 0 aliphatic rings. The van der Waals surface area contributed by atoms with Gasteiger partial charge in [0.05, 0.1) is 0 Å². The second-order valence-electron chi connectivity index (χ2n) is 4.24. The van der Waals surface area contributed by atoms with Crippen molar-refractivity contribution in [3.63, 3.8) is 0 Å². The van der Waals surface area contributed by atoms with Crippen molar-refractivity contribution in [2.75, 3.05) is 6.61 Å². The van der Waals surface area contributed by atoms with E-state index in [-0.39, 0.29) is 18.6 Å². The molecular weight excluding hydrogens is 212 g/mol. The van der Waals surface area contributed by atoms with E-state index in [4.69, 9.17) is 10.2 Å². The standard InChI is InChI=1S/C10H20N2O4/c1-4-10(2,3)12-9(16)11-7(5-6-13)8(14)15/h7,13H,4-6H2,1-3H3,(H,14,15)(H2,11,12,16)/t7-/m0/s1. The van der Waals surface area contributed by atoms with E-state index in [1.807, 2.05) is 20.8 Å². The Hall–Kier alpha value is -1.30. The molecule has 1 atom stereocenters. The average molecular weight is 232 g/mol. The number of carbonyl (C=O) groups is 2. The van der Waals surface area contributed by atoms with Gasteiger partial charge in [0.25, 0.3) is 0 Å². The molecule has 4 N–H and O–H groups in total. The van der Waals surface area contributed by atoms with Crippen LogP contribution in [0.2, 0.25) is 0 Å². The fourth-order valence-electron chi connectivity index (χ4n) is 0.977. The Balaban J connectivity index is 4.25. The van der Waals surface area contributed by atoms with Crippen molar-refractivity contribution in [3.05, 3.63) is 0 Å². The number of aliphatic hydroxyl groups excluding tert-OH is 1. The second-order valence-corrected chi connectivity index (χ2v) is 4.24. The van der Waals surface area contributed by atoms with E-state index in [2.05, 4.69) is 10.6 Å². The van der Waals surface area contributed by atoms with Crippen molar-refractivity contribution >= 4 is 12.0 Å². The van der Waals surface area contributed by atoms with Crippen LogP contribution in [0.3, 0.4) is 0 Å². The number of rotatable bonds is 6. The topological polar surface area (TPSA) is 98.7 Å². The molecule has 2 amide bonds. The average Bonchev–Trinajstić information content (AvgIpc) is 2.16. The Kier molecular flexibility index (Phi) is 5.81. The summed E-state index contributed by atoms with van der Waals surface area (Å²) >= 11 is 0. The minimum atomic E-state index is -1.15. The molecule has 0 spiro atoms. The van der Waals surface area contributed by atoms with Crippen LogP contribution in [0.4, 0.5) is 4.79 Å². The lowest BCUT2D eigenvalue weighted by Gasteiger charge is -2.25. The van der Waals surface area contributed by atoms with E-state index >= 15 is 0 Å². The summed E-state index contributed by atoms with van der Waals surface area (Å²) in [6.45, 7) is 5.32. The summed E-state index contributed by atoms with van der Waals surface area (Å²) in [6, 6.07) is -1.59. The van der Waals surface area contributed by atoms with Crippen LogP contribution in [0.25, 0.3) is 0 Å². The van der Waals surface area contributed by atoms with Crippen molar-refractivity contribution < 1.29 is 19.8 Å². The molecule has 0 rings (SSSR count). The van der Waals surface area contributed by atoms with Gasteiger partial charge in [-0.2, -0.15) is 0 Å². The number of aliphatic carboxylic acids is 1. The van der Waals surface area contributed by atoms with Gasteiger partial charge in [0.1, 0.15) is 6.04 Å². The summed E-state index contributed by atoms with van der Waals surface area (Å²) in [4.78, 5) is 22.1. The molecule has 0 aromatic rings. The van der Waals surface area contributed by atoms with Gasteiger partial charge in [-0.1, -0.05) is 6.92 Å². The monoisotopic (exact) mass is 232 g/mol. The van der Waals surface area contributed by atoms with Crippen molar-refractivity contribution in [1.82, 2.24) is 10.6 Å². The molecule has 0 bridgehead atoms. The SMILES string of the molecule is CCC(C)(C)NC(=O)N[C@@H](CCO)C(=O)O. The Labute approximate surface area is 95.0 Å². The van der Waals surface area contributed by atoms with E-state index in [1.54, 1.807) is 0 Å². The second kappa shape index (κ2) is 6.32. The minimum absolute atomic E-state index is 0.00466. The third-order valence-electron chi connectivity index (χ3n) is 2.36. The molecule has 0 aliphatic carbocycles. The first-order valence-corrected chi connectivity index (χ1v) is 5.24. The molecule has 0 saturated carbocycles. The summed E-state index contributed by atoms with van der Waals surface area (Å²) < 4.78 is 0. The van der Waals surface area contributed by atoms with Gasteiger partial charge in [0.2, 0.25) is 0 Å². The predicted molar refractivity (Wildman–Crippen MR) is 59.2 cm³/mol. The van der Waals surface area contributed by atoms with Crippen molar-refractivity contribution in [2.24, 2.45) is 0 Å². The molecule has 6 nitrogen and oxygen atoms in total. The van der Waals surface area contributed by atoms with Crippen LogP contribution in [0, 0.1) is 0 Å². The molecule has 0 saturated heterocycles. The van der Waals surface area contributed by atoms with Crippen LogP contribution in [0.5, 0.6) is 0 Å². The maximum atomic E-state index is 11.4. The molecule has 0 aromatic carbocycles. The van der Waals surface area contributed by atoms with Crippen LogP contribution in [0.15, 0.2) is 0 Å². The lowest BCUT2D eigenvalue weighted by Crippen LogP contribution is -2.52. The Morgan fingerprint density at radius 1 is 1.38 bits per heavy atom. The minimum Gasteiger partial charge on any atom is -0.480 e. The summed E-state index contributed by atoms with van der Waals surface area (Å²) in [6.07, 6.45) is 0.730. The number of carboxylic acids is 1. The molecule has 16 heavy (non-hydrogen) atoms. The predicted octanol–water partition coefficient (Wildman–Crippen LogP) is 0.310. The molecule has 0 unspecified atom stereocenters. The smallest absolute Gasteiger partial charge is 0.326 e. The van der Waals surface area contributed by atoms with Crippen molar-refractivity contribution in [1.29, 1.82) is 0 Å². The van der Waals surface area contributed by atoms with Crippen LogP contribution in [-0.4, -0.2) is 40.4 Å². The van der Waals surface area contributed by atoms with E-state index in [9.17, 15) is 9.59 Å². The van der Waals surface area contributed by atoms with E-state index in [1.165, 1.54) is 0 Å². The first-order valence-electron chi connectivity index (χ1n) is 5.24. The van der Waals surface area contributed by atoms with E-state index < -0.39 is 18.0 Å². The Bertz CT molecular complexity index is 253. The van der Waals surface area contributed by atoms with Gasteiger partial charge in [-0.15, -0.1) is 0 Å². The molecule has 0 heterocycles. The number of nitrogens with one attached hydrogen (secondary N) is 2. The van der Waals surface area contributed by atoms with Gasteiger partial charge in [-0.3, -0.25) is 0 Å². The zero-order chi connectivity index (χ0) is 12.8. The van der Waals surface area contributed by atoms with Gasteiger partial charge in [0, 0.05) is 18.6 Å². The van der Waals surface area contributed by atoms with Crippen LogP contribution in [0.1, 0.15) is 33.6 Å². The fourth-order valence-corrected chi connectivity index (χ4v) is 0.977. The lowest BCUT2D eigenvalue weighted by atomic mass is 10.0. The summed E-state index contributed by atoms with van der Waals surface area (Å²) in [7, 11) is 0. The van der Waals surface area contributed by atoms with Crippen molar-refractivity contribution in [2.45, 2.75) is 45.2 Å². The maximum absolute atomic E-state index is 11.4. The van der Waals surface area contributed by atoms with Crippen molar-refractivity contribution in [3.8, 4) is 0 Å². The maximum Gasteiger partial charge on any atom is 0.326 e. The van der Waals surface area contributed by atoms with Gasteiger partial charge < -0.3 is 20.8 Å². The highest BCUT2D eigenvalue weighted by Crippen LogP contribution is 2.06. The number of carboxylic acid groups (broad SMARTS) is 1. The quantitative estimate of drug-likeness (QED) is 0.529.